The summed E-state index contributed by atoms with van der Waals surface area (Å²) in [6.45, 7) is 0.383. The van der Waals surface area contributed by atoms with E-state index in [0.717, 1.165) is 0 Å². The van der Waals surface area contributed by atoms with Gasteiger partial charge in [-0.15, -0.1) is 0 Å². The van der Waals surface area contributed by atoms with E-state index < -0.39 is 6.09 Å². The van der Waals surface area contributed by atoms with Crippen molar-refractivity contribution in [2.75, 3.05) is 6.54 Å². The zero-order valence-corrected chi connectivity index (χ0v) is 4.25. The van der Waals surface area contributed by atoms with Gasteiger partial charge in [0.1, 0.15) is 0 Å². The maximum absolute atomic E-state index is 10.0. The van der Waals surface area contributed by atoms with E-state index in [1.807, 2.05) is 0 Å². The number of thiocarbonyl (C=S) groups is 1. The normalized spacial score (nSPS) is 18.9. The molecule has 0 aromatic carbocycles. The van der Waals surface area contributed by atoms with Gasteiger partial charge in [-0.1, -0.05) is 0 Å². The average Bonchev–Trinajstić information content (AvgIpc) is 1.87. The number of carbonyl (C=O) groups is 1. The summed E-state index contributed by atoms with van der Waals surface area (Å²) in [6.07, 6.45) is -0.440. The molecule has 0 aromatic rings. The van der Waals surface area contributed by atoms with Crippen molar-refractivity contribution in [3.8, 4) is 0 Å². The average molecular weight is 117 g/mol. The molecule has 1 heterocycles. The molecule has 7 heavy (non-hydrogen) atoms. The highest BCUT2D eigenvalue weighted by Crippen LogP contribution is 1.89. The Kier molecular flexibility index (Phi) is 0.941. The second-order valence-corrected chi connectivity index (χ2v) is 1.57. The maximum atomic E-state index is 10.0. The summed E-state index contributed by atoms with van der Waals surface area (Å²) < 4.78 is 4.34. The molecule has 0 bridgehead atoms. The summed E-state index contributed by atoms with van der Waals surface area (Å²) in [5, 5.41) is 2.69. The highest BCUT2D eigenvalue weighted by atomic mass is 32.1. The number of cyclic esters (lactones) is 1. The first kappa shape index (κ1) is 4.52. The molecule has 4 heteroatoms. The Morgan fingerprint density at radius 3 is 2.71 bits per heavy atom. The number of hydrogen-bond donors (Lipinski definition) is 1. The van der Waals surface area contributed by atoms with Crippen molar-refractivity contribution in [3.05, 3.63) is 0 Å². The van der Waals surface area contributed by atoms with E-state index in [-0.39, 0.29) is 0 Å². The second-order valence-electron chi connectivity index (χ2n) is 1.12. The van der Waals surface area contributed by atoms with Gasteiger partial charge in [0.25, 0.3) is 0 Å². The van der Waals surface area contributed by atoms with Crippen LogP contribution in [0.5, 0.6) is 0 Å². The minimum Gasteiger partial charge on any atom is -0.401 e. The molecule has 1 aliphatic heterocycles. The van der Waals surface area contributed by atoms with Gasteiger partial charge in [-0.3, -0.25) is 0 Å². The molecule has 0 aromatic heterocycles. The predicted molar refractivity (Wildman–Crippen MR) is 27.1 cm³/mol. The Labute approximate surface area is 45.6 Å². The first-order valence-corrected chi connectivity index (χ1v) is 2.18. The van der Waals surface area contributed by atoms with E-state index in [9.17, 15) is 4.79 Å². The molecule has 1 rings (SSSR count). The minimum absolute atomic E-state index is 0.324. The van der Waals surface area contributed by atoms with E-state index >= 15 is 0 Å². The Bertz CT molecular complexity index is 108. The summed E-state index contributed by atoms with van der Waals surface area (Å²) in [4.78, 5) is 10.0. The third kappa shape index (κ3) is 0.866. The summed E-state index contributed by atoms with van der Waals surface area (Å²) >= 11 is 4.49. The number of alkyl carbamates (subject to hydrolysis) is 1. The van der Waals surface area contributed by atoms with Crippen LogP contribution in [0.4, 0.5) is 4.79 Å². The first-order chi connectivity index (χ1) is 3.29. The summed E-state index contributed by atoms with van der Waals surface area (Å²) in [7, 11) is 0. The Balaban J connectivity index is 2.55. The zero-order chi connectivity index (χ0) is 5.28. The van der Waals surface area contributed by atoms with Crippen LogP contribution in [0.2, 0.25) is 0 Å². The molecular formula is C3H3NO2S. The Hall–Kier alpha value is -0.640. The van der Waals surface area contributed by atoms with Crippen molar-refractivity contribution in [1.82, 2.24) is 5.32 Å². The van der Waals surface area contributed by atoms with Gasteiger partial charge in [-0.2, -0.15) is 0 Å². The van der Waals surface area contributed by atoms with Crippen LogP contribution in [-0.4, -0.2) is 17.7 Å². The largest absolute Gasteiger partial charge is 0.413 e. The van der Waals surface area contributed by atoms with Crippen LogP contribution < -0.4 is 5.32 Å². The van der Waals surface area contributed by atoms with E-state index in [4.69, 9.17) is 0 Å². The topological polar surface area (TPSA) is 38.3 Å². The molecule has 1 fully saturated rings. The van der Waals surface area contributed by atoms with E-state index in [0.29, 0.717) is 11.6 Å². The van der Waals surface area contributed by atoms with Crippen LogP contribution in [0, 0.1) is 0 Å². The molecule has 1 N–H and O–H groups in total. The molecule has 0 spiro atoms. The lowest BCUT2D eigenvalue weighted by atomic mass is 10.7. The molecule has 3 nitrogen and oxygen atoms in total. The van der Waals surface area contributed by atoms with Crippen LogP contribution in [-0.2, 0) is 4.74 Å². The molecule has 0 radical (unpaired) electrons. The number of ether oxygens (including phenoxy) is 1. The lowest BCUT2D eigenvalue weighted by Crippen LogP contribution is -2.12. The van der Waals surface area contributed by atoms with E-state index in [1.54, 1.807) is 0 Å². The van der Waals surface area contributed by atoms with Crippen molar-refractivity contribution in [2.45, 2.75) is 0 Å². The lowest BCUT2D eigenvalue weighted by Gasteiger charge is -1.80. The van der Waals surface area contributed by atoms with Gasteiger partial charge in [0.2, 0.25) is 0 Å². The molecule has 0 atom stereocenters. The fraction of sp³-hybridized carbons (Fsp3) is 0.333. The highest BCUT2D eigenvalue weighted by Gasteiger charge is 2.13. The minimum atomic E-state index is -0.440. The summed E-state index contributed by atoms with van der Waals surface area (Å²) in [6, 6.07) is 0. The maximum Gasteiger partial charge on any atom is 0.413 e. The van der Waals surface area contributed by atoms with Gasteiger partial charge in [-0.05, 0) is 12.2 Å². The SMILES string of the molecule is O=C1NCC(=S)O1. The van der Waals surface area contributed by atoms with Gasteiger partial charge in [-0.25, -0.2) is 4.79 Å². The van der Waals surface area contributed by atoms with Gasteiger partial charge in [0.15, 0.2) is 5.05 Å². The van der Waals surface area contributed by atoms with Crippen LogP contribution in [0.3, 0.4) is 0 Å². The number of rotatable bonds is 0. The predicted octanol–water partition coefficient (Wildman–Crippen LogP) is 0.0536. The van der Waals surface area contributed by atoms with Crippen molar-refractivity contribution in [3.63, 3.8) is 0 Å². The molecule has 1 aliphatic rings. The zero-order valence-electron chi connectivity index (χ0n) is 3.43. The monoisotopic (exact) mass is 117 g/mol. The smallest absolute Gasteiger partial charge is 0.401 e. The van der Waals surface area contributed by atoms with Crippen molar-refractivity contribution in [1.29, 1.82) is 0 Å². The van der Waals surface area contributed by atoms with Gasteiger partial charge >= 0.3 is 6.09 Å². The standard InChI is InChI=1S/C3H3NO2S/c5-3-4-1-2(7)6-3/h1H2,(H,4,5). The molecule has 0 unspecified atom stereocenters. The highest BCUT2D eigenvalue weighted by molar-refractivity contribution is 7.80. The Morgan fingerprint density at radius 2 is 2.57 bits per heavy atom. The van der Waals surface area contributed by atoms with Crippen molar-refractivity contribution in [2.24, 2.45) is 0 Å². The van der Waals surface area contributed by atoms with Crippen LogP contribution >= 0.6 is 12.2 Å². The second kappa shape index (κ2) is 1.46. The molecule has 1 amide bonds. The van der Waals surface area contributed by atoms with Gasteiger partial charge in [0.05, 0.1) is 6.54 Å². The molecule has 0 saturated carbocycles. The summed E-state index contributed by atoms with van der Waals surface area (Å²) in [5.74, 6) is 0. The van der Waals surface area contributed by atoms with Crippen LogP contribution in [0.15, 0.2) is 0 Å². The third-order valence-electron chi connectivity index (χ3n) is 0.584. The number of hydrogen-bond acceptors (Lipinski definition) is 3. The molecule has 38 valence electrons. The van der Waals surface area contributed by atoms with Crippen molar-refractivity contribution < 1.29 is 9.53 Å². The lowest BCUT2D eigenvalue weighted by molar-refractivity contribution is 0.209. The third-order valence-corrected chi connectivity index (χ3v) is 0.811. The van der Waals surface area contributed by atoms with Crippen LogP contribution in [0.1, 0.15) is 0 Å². The van der Waals surface area contributed by atoms with Crippen LogP contribution in [0.25, 0.3) is 0 Å². The fourth-order valence-corrected chi connectivity index (χ4v) is 0.468. The number of amides is 1. The first-order valence-electron chi connectivity index (χ1n) is 1.77. The van der Waals surface area contributed by atoms with Gasteiger partial charge < -0.3 is 10.1 Å². The fourth-order valence-electron chi connectivity index (χ4n) is 0.320. The number of carbonyl (C=O) groups excluding carboxylic acids is 1. The summed E-state index contributed by atoms with van der Waals surface area (Å²) in [5.41, 5.74) is 0. The number of nitrogens with one attached hydrogen (secondary N) is 1. The quantitative estimate of drug-likeness (QED) is 0.456. The Morgan fingerprint density at radius 1 is 1.86 bits per heavy atom. The molecule has 0 aliphatic carbocycles. The van der Waals surface area contributed by atoms with Gasteiger partial charge in [0, 0.05) is 0 Å². The van der Waals surface area contributed by atoms with E-state index in [1.165, 1.54) is 0 Å². The van der Waals surface area contributed by atoms with Crippen molar-refractivity contribution >= 4 is 23.4 Å². The molecule has 1 saturated heterocycles. The molecular weight excluding hydrogens is 114 g/mol. The van der Waals surface area contributed by atoms with E-state index in [2.05, 4.69) is 22.3 Å².